The molecule has 1 heterocycles. The molecule has 66 valence electrons. The molecule has 1 rings (SSSR count). The molecule has 0 radical (unpaired) electrons. The van der Waals surface area contributed by atoms with E-state index in [1.165, 1.54) is 12.8 Å². The van der Waals surface area contributed by atoms with Crippen LogP contribution >= 0.6 is 0 Å². The number of nitrogens with one attached hydrogen (secondary N) is 2. The largest absolute Gasteiger partial charge is 0.235 e. The highest BCUT2D eigenvalue weighted by Crippen LogP contribution is 2.23. The SMILES string of the molecule is CC(C)C(C)CCC1(C)NN1. The van der Waals surface area contributed by atoms with Gasteiger partial charge in [-0.2, -0.15) is 0 Å². The summed E-state index contributed by atoms with van der Waals surface area (Å²) in [5, 5.41) is 0. The molecule has 0 spiro atoms. The molecule has 2 heteroatoms. The van der Waals surface area contributed by atoms with Gasteiger partial charge in [-0.15, -0.1) is 0 Å². The van der Waals surface area contributed by atoms with Gasteiger partial charge in [-0.3, -0.25) is 0 Å². The molecule has 0 aromatic heterocycles. The molecule has 0 bridgehead atoms. The predicted molar refractivity (Wildman–Crippen MR) is 47.9 cm³/mol. The van der Waals surface area contributed by atoms with Crippen molar-refractivity contribution in [3.8, 4) is 0 Å². The molecule has 0 saturated carbocycles. The monoisotopic (exact) mass is 156 g/mol. The molecule has 2 nitrogen and oxygen atoms in total. The second kappa shape index (κ2) is 3.11. The molecule has 11 heavy (non-hydrogen) atoms. The quantitative estimate of drug-likeness (QED) is 0.610. The molecule has 0 aromatic rings. The molecule has 0 aliphatic carbocycles. The fourth-order valence-electron chi connectivity index (χ4n) is 1.08. The first-order valence-corrected chi connectivity index (χ1v) is 4.58. The zero-order valence-corrected chi connectivity index (χ0v) is 8.07. The van der Waals surface area contributed by atoms with Crippen molar-refractivity contribution < 1.29 is 0 Å². The molecular formula is C9H20N2. The Bertz CT molecular complexity index is 128. The maximum atomic E-state index is 3.16. The first kappa shape index (κ1) is 9.01. The van der Waals surface area contributed by atoms with Gasteiger partial charge in [-0.05, 0) is 31.6 Å². The van der Waals surface area contributed by atoms with Crippen LogP contribution in [-0.2, 0) is 0 Å². The lowest BCUT2D eigenvalue weighted by Crippen LogP contribution is -2.15. The van der Waals surface area contributed by atoms with E-state index in [-0.39, 0.29) is 5.66 Å². The van der Waals surface area contributed by atoms with Crippen LogP contribution in [0.5, 0.6) is 0 Å². The van der Waals surface area contributed by atoms with Crippen LogP contribution in [0.25, 0.3) is 0 Å². The van der Waals surface area contributed by atoms with Crippen molar-refractivity contribution >= 4 is 0 Å². The average molecular weight is 156 g/mol. The highest BCUT2D eigenvalue weighted by atomic mass is 15.7. The summed E-state index contributed by atoms with van der Waals surface area (Å²) < 4.78 is 0. The summed E-state index contributed by atoms with van der Waals surface area (Å²) in [7, 11) is 0. The highest BCUT2D eigenvalue weighted by molar-refractivity contribution is 4.89. The van der Waals surface area contributed by atoms with E-state index in [1.807, 2.05) is 0 Å². The van der Waals surface area contributed by atoms with Gasteiger partial charge >= 0.3 is 0 Å². The second-order valence-electron chi connectivity index (χ2n) is 4.34. The Labute approximate surface area is 69.7 Å². The van der Waals surface area contributed by atoms with E-state index in [9.17, 15) is 0 Å². The van der Waals surface area contributed by atoms with E-state index >= 15 is 0 Å². The lowest BCUT2D eigenvalue weighted by molar-refractivity contribution is 0.362. The molecule has 0 aromatic carbocycles. The van der Waals surface area contributed by atoms with Gasteiger partial charge in [0.2, 0.25) is 0 Å². The van der Waals surface area contributed by atoms with Crippen molar-refractivity contribution in [1.29, 1.82) is 0 Å². The van der Waals surface area contributed by atoms with E-state index in [0.29, 0.717) is 0 Å². The van der Waals surface area contributed by atoms with Gasteiger partial charge in [0.25, 0.3) is 0 Å². The number of hydrazine groups is 1. The van der Waals surface area contributed by atoms with Crippen molar-refractivity contribution in [1.82, 2.24) is 10.9 Å². The van der Waals surface area contributed by atoms with Crippen LogP contribution < -0.4 is 10.9 Å². The van der Waals surface area contributed by atoms with Gasteiger partial charge < -0.3 is 0 Å². The number of hydrogen-bond acceptors (Lipinski definition) is 2. The third-order valence-corrected chi connectivity index (χ3v) is 2.79. The van der Waals surface area contributed by atoms with Gasteiger partial charge in [0, 0.05) is 0 Å². The van der Waals surface area contributed by atoms with Gasteiger partial charge in [-0.25, -0.2) is 10.9 Å². The minimum absolute atomic E-state index is 0.267. The minimum atomic E-state index is 0.267. The minimum Gasteiger partial charge on any atom is -0.235 e. The Hall–Kier alpha value is -0.0800. The predicted octanol–water partition coefficient (Wildman–Crippen LogP) is 1.88. The fourth-order valence-corrected chi connectivity index (χ4v) is 1.08. The molecule has 1 unspecified atom stereocenters. The summed E-state index contributed by atoms with van der Waals surface area (Å²) in [6.07, 6.45) is 2.56. The highest BCUT2D eigenvalue weighted by Gasteiger charge is 2.35. The van der Waals surface area contributed by atoms with E-state index in [4.69, 9.17) is 0 Å². The Morgan fingerprint density at radius 3 is 2.09 bits per heavy atom. The number of rotatable bonds is 4. The molecule has 0 amide bonds. The normalized spacial score (nSPS) is 23.7. The Morgan fingerprint density at radius 2 is 1.73 bits per heavy atom. The molecule has 1 aliphatic rings. The zero-order valence-electron chi connectivity index (χ0n) is 8.07. The Morgan fingerprint density at radius 1 is 1.18 bits per heavy atom. The van der Waals surface area contributed by atoms with Crippen LogP contribution in [-0.4, -0.2) is 5.66 Å². The average Bonchev–Trinajstić information content (AvgIpc) is 2.64. The van der Waals surface area contributed by atoms with E-state index in [1.54, 1.807) is 0 Å². The Kier molecular flexibility index (Phi) is 2.55. The zero-order chi connectivity index (χ0) is 8.48. The van der Waals surface area contributed by atoms with Crippen molar-refractivity contribution in [3.05, 3.63) is 0 Å². The van der Waals surface area contributed by atoms with Crippen LogP contribution in [0.2, 0.25) is 0 Å². The molecule has 2 N–H and O–H groups in total. The fraction of sp³-hybridized carbons (Fsp3) is 1.00. The van der Waals surface area contributed by atoms with Crippen LogP contribution in [0.1, 0.15) is 40.5 Å². The maximum Gasteiger partial charge on any atom is 0.0915 e. The summed E-state index contributed by atoms with van der Waals surface area (Å²) in [5.74, 6) is 1.66. The Balaban J connectivity index is 2.11. The third-order valence-electron chi connectivity index (χ3n) is 2.79. The lowest BCUT2D eigenvalue weighted by atomic mass is 9.91. The first-order valence-electron chi connectivity index (χ1n) is 4.58. The molecule has 1 fully saturated rings. The topological polar surface area (TPSA) is 43.9 Å². The number of hydrogen-bond donors (Lipinski definition) is 2. The van der Waals surface area contributed by atoms with Crippen LogP contribution in [0.4, 0.5) is 0 Å². The summed E-state index contributed by atoms with van der Waals surface area (Å²) in [6.45, 7) is 9.12. The van der Waals surface area contributed by atoms with Crippen LogP contribution in [0.3, 0.4) is 0 Å². The van der Waals surface area contributed by atoms with E-state index in [0.717, 1.165) is 11.8 Å². The van der Waals surface area contributed by atoms with Crippen LogP contribution in [0.15, 0.2) is 0 Å². The molecular weight excluding hydrogens is 136 g/mol. The smallest absolute Gasteiger partial charge is 0.0915 e. The lowest BCUT2D eigenvalue weighted by Gasteiger charge is -2.16. The van der Waals surface area contributed by atoms with Crippen molar-refractivity contribution in [2.24, 2.45) is 11.8 Å². The van der Waals surface area contributed by atoms with Gasteiger partial charge in [-0.1, -0.05) is 20.8 Å². The van der Waals surface area contributed by atoms with E-state index < -0.39 is 0 Å². The van der Waals surface area contributed by atoms with Crippen molar-refractivity contribution in [2.75, 3.05) is 0 Å². The molecule has 1 atom stereocenters. The van der Waals surface area contributed by atoms with E-state index in [2.05, 4.69) is 38.5 Å². The first-order chi connectivity index (χ1) is 5.03. The van der Waals surface area contributed by atoms with Crippen LogP contribution in [0, 0.1) is 11.8 Å². The summed E-state index contributed by atoms with van der Waals surface area (Å²) in [6, 6.07) is 0. The summed E-state index contributed by atoms with van der Waals surface area (Å²) in [5.41, 5.74) is 6.58. The van der Waals surface area contributed by atoms with Crippen molar-refractivity contribution in [3.63, 3.8) is 0 Å². The molecule has 1 aliphatic heterocycles. The molecule has 1 saturated heterocycles. The van der Waals surface area contributed by atoms with Crippen molar-refractivity contribution in [2.45, 2.75) is 46.2 Å². The summed E-state index contributed by atoms with van der Waals surface area (Å²) in [4.78, 5) is 0. The van der Waals surface area contributed by atoms with Gasteiger partial charge in [0.1, 0.15) is 0 Å². The second-order valence-corrected chi connectivity index (χ2v) is 4.34. The van der Waals surface area contributed by atoms with Gasteiger partial charge in [0.15, 0.2) is 0 Å². The summed E-state index contributed by atoms with van der Waals surface area (Å²) >= 11 is 0. The maximum absolute atomic E-state index is 3.16. The van der Waals surface area contributed by atoms with Gasteiger partial charge in [0.05, 0.1) is 5.66 Å². The third kappa shape index (κ3) is 2.80. The standard InChI is InChI=1S/C9H20N2/c1-7(2)8(3)5-6-9(4)10-11-9/h7-8,10-11H,5-6H2,1-4H3.